The van der Waals surface area contributed by atoms with Crippen LogP contribution in [0.3, 0.4) is 0 Å². The first-order chi connectivity index (χ1) is 14.5. The Labute approximate surface area is 184 Å². The summed E-state index contributed by atoms with van der Waals surface area (Å²) in [5, 5.41) is 2.31. The van der Waals surface area contributed by atoms with Gasteiger partial charge in [0.15, 0.2) is 0 Å². The number of amides is 1. The summed E-state index contributed by atoms with van der Waals surface area (Å²) in [6.45, 7) is 3.93. The predicted molar refractivity (Wildman–Crippen MR) is 119 cm³/mol. The van der Waals surface area contributed by atoms with Gasteiger partial charge in [0.25, 0.3) is 5.91 Å². The Kier molecular flexibility index (Phi) is 5.15. The highest BCUT2D eigenvalue weighted by atomic mass is 35.5. The number of pyridine rings is 1. The molecule has 8 heteroatoms. The summed E-state index contributed by atoms with van der Waals surface area (Å²) in [4.78, 5) is 25.2. The normalized spacial score (nSPS) is 15.7. The van der Waals surface area contributed by atoms with Crippen molar-refractivity contribution in [1.29, 1.82) is 0 Å². The number of imidazole rings is 1. The average Bonchev–Trinajstić information content (AvgIpc) is 3.24. The molecule has 0 unspecified atom stereocenters. The number of carbonyl (C=O) groups excluding carboxylic acids is 1. The quantitative estimate of drug-likeness (QED) is 0.510. The molecule has 0 spiro atoms. The van der Waals surface area contributed by atoms with Gasteiger partial charge in [0.2, 0.25) is 0 Å². The van der Waals surface area contributed by atoms with Crippen LogP contribution in [0.15, 0.2) is 48.8 Å². The van der Waals surface area contributed by atoms with Gasteiger partial charge >= 0.3 is 0 Å². The van der Waals surface area contributed by atoms with E-state index < -0.39 is 0 Å². The van der Waals surface area contributed by atoms with Crippen LogP contribution in [0.1, 0.15) is 22.6 Å². The van der Waals surface area contributed by atoms with Crippen molar-refractivity contribution in [2.45, 2.75) is 13.0 Å². The Morgan fingerprint density at radius 2 is 1.87 bits per heavy atom. The lowest BCUT2D eigenvalue weighted by molar-refractivity contribution is 0.0756. The number of benzene rings is 1. The molecule has 1 aliphatic rings. The molecular weight excluding hydrogens is 421 g/mol. The second-order valence-electron chi connectivity index (χ2n) is 7.68. The van der Waals surface area contributed by atoms with E-state index in [9.17, 15) is 4.79 Å². The lowest BCUT2D eigenvalue weighted by Crippen LogP contribution is -2.35. The summed E-state index contributed by atoms with van der Waals surface area (Å²) in [7, 11) is 0. The molecule has 4 heterocycles. The molecule has 6 nitrogen and oxygen atoms in total. The maximum absolute atomic E-state index is 13.0. The Bertz CT molecular complexity index is 1230. The van der Waals surface area contributed by atoms with Crippen LogP contribution in [0.4, 0.5) is 0 Å². The van der Waals surface area contributed by atoms with Gasteiger partial charge < -0.3 is 14.3 Å². The van der Waals surface area contributed by atoms with Gasteiger partial charge in [0.05, 0.1) is 10.7 Å². The number of hydrogen-bond donors (Lipinski definition) is 1. The van der Waals surface area contributed by atoms with Gasteiger partial charge in [-0.05, 0) is 42.8 Å². The van der Waals surface area contributed by atoms with Crippen molar-refractivity contribution in [2.75, 3.05) is 26.2 Å². The Hall–Kier alpha value is -2.54. The van der Waals surface area contributed by atoms with Gasteiger partial charge in [-0.3, -0.25) is 9.69 Å². The number of carbonyl (C=O) groups is 1. The van der Waals surface area contributed by atoms with Crippen molar-refractivity contribution >= 4 is 45.7 Å². The van der Waals surface area contributed by atoms with Gasteiger partial charge in [0, 0.05) is 61.0 Å². The fourth-order valence-electron chi connectivity index (χ4n) is 4.04. The highest BCUT2D eigenvalue weighted by Crippen LogP contribution is 2.21. The number of nitrogens with one attached hydrogen (secondary N) is 1. The molecule has 3 aromatic heterocycles. The maximum Gasteiger partial charge on any atom is 0.270 e. The fraction of sp³-hybridized carbons (Fsp3) is 0.273. The van der Waals surface area contributed by atoms with Crippen molar-refractivity contribution in [3.8, 4) is 0 Å². The molecule has 1 N–H and O–H groups in total. The molecule has 0 radical (unpaired) electrons. The van der Waals surface area contributed by atoms with Gasteiger partial charge in [-0.2, -0.15) is 0 Å². The van der Waals surface area contributed by atoms with Gasteiger partial charge in [-0.25, -0.2) is 4.98 Å². The van der Waals surface area contributed by atoms with Gasteiger partial charge in [-0.1, -0.05) is 23.2 Å². The minimum atomic E-state index is 0.0338. The number of nitrogens with zero attached hydrogens (tertiary/aromatic N) is 4. The van der Waals surface area contributed by atoms with Crippen molar-refractivity contribution in [3.63, 3.8) is 0 Å². The number of fused-ring (bicyclic) bond motifs is 2. The van der Waals surface area contributed by atoms with Gasteiger partial charge in [-0.15, -0.1) is 0 Å². The van der Waals surface area contributed by atoms with Crippen LogP contribution in [0, 0.1) is 0 Å². The number of rotatable bonds is 3. The van der Waals surface area contributed by atoms with E-state index in [4.69, 9.17) is 23.2 Å². The smallest absolute Gasteiger partial charge is 0.270 e. The van der Waals surface area contributed by atoms with E-state index >= 15 is 0 Å². The summed E-state index contributed by atoms with van der Waals surface area (Å²) in [6.07, 6.45) is 4.81. The van der Waals surface area contributed by atoms with E-state index in [1.54, 1.807) is 0 Å². The summed E-state index contributed by atoms with van der Waals surface area (Å²) < 4.78 is 1.95. The molecule has 30 heavy (non-hydrogen) atoms. The summed E-state index contributed by atoms with van der Waals surface area (Å²) in [6, 6.07) is 11.2. The molecule has 0 aliphatic carbocycles. The van der Waals surface area contributed by atoms with Crippen LogP contribution in [0.25, 0.3) is 16.6 Å². The van der Waals surface area contributed by atoms with E-state index in [0.717, 1.165) is 54.8 Å². The third kappa shape index (κ3) is 3.90. The van der Waals surface area contributed by atoms with E-state index in [0.29, 0.717) is 22.3 Å². The van der Waals surface area contributed by atoms with Gasteiger partial charge in [0.1, 0.15) is 11.3 Å². The highest BCUT2D eigenvalue weighted by molar-refractivity contribution is 6.31. The van der Waals surface area contributed by atoms with Crippen LogP contribution in [-0.4, -0.2) is 56.3 Å². The Balaban J connectivity index is 1.26. The molecule has 1 amide bonds. The molecule has 4 aromatic rings. The first-order valence-electron chi connectivity index (χ1n) is 9.98. The largest absolute Gasteiger partial charge is 0.351 e. The first-order valence-corrected chi connectivity index (χ1v) is 10.7. The Morgan fingerprint density at radius 1 is 1.00 bits per heavy atom. The number of aromatic amines is 1. The van der Waals surface area contributed by atoms with Crippen LogP contribution in [0.2, 0.25) is 10.0 Å². The maximum atomic E-state index is 13.0. The minimum absolute atomic E-state index is 0.0338. The number of H-pyrrole nitrogens is 1. The number of hydrogen-bond acceptors (Lipinski definition) is 3. The zero-order chi connectivity index (χ0) is 20.7. The number of halogens is 2. The third-order valence-corrected chi connectivity index (χ3v) is 6.00. The molecule has 1 aromatic carbocycles. The zero-order valence-corrected chi connectivity index (χ0v) is 17.8. The summed E-state index contributed by atoms with van der Waals surface area (Å²) >= 11 is 12.1. The lowest BCUT2D eigenvalue weighted by atomic mass is 10.2. The van der Waals surface area contributed by atoms with E-state index in [1.807, 2.05) is 58.1 Å². The highest BCUT2D eigenvalue weighted by Gasteiger charge is 2.22. The standard InChI is InChI=1S/C22H21Cl2N5O/c23-16-2-4-19-15(10-16)11-20(26-19)22(30)28-7-1-6-27(8-9-28)13-18-14-29-12-17(24)3-5-21(29)25-18/h2-5,10-12,14,26H,1,6-9,13H2. The molecule has 0 atom stereocenters. The topological polar surface area (TPSA) is 56.6 Å². The monoisotopic (exact) mass is 441 g/mol. The molecule has 1 fully saturated rings. The molecule has 1 saturated heterocycles. The number of aromatic nitrogens is 3. The van der Waals surface area contributed by atoms with Crippen LogP contribution < -0.4 is 0 Å². The van der Waals surface area contributed by atoms with Crippen molar-refractivity contribution in [2.24, 2.45) is 0 Å². The molecule has 0 saturated carbocycles. The third-order valence-electron chi connectivity index (χ3n) is 5.54. The van der Waals surface area contributed by atoms with E-state index in [-0.39, 0.29) is 5.91 Å². The van der Waals surface area contributed by atoms with Crippen LogP contribution in [0.5, 0.6) is 0 Å². The van der Waals surface area contributed by atoms with Crippen molar-refractivity contribution in [3.05, 3.63) is 70.2 Å². The van der Waals surface area contributed by atoms with Crippen LogP contribution >= 0.6 is 23.2 Å². The summed E-state index contributed by atoms with van der Waals surface area (Å²) in [5.74, 6) is 0.0338. The van der Waals surface area contributed by atoms with E-state index in [1.165, 1.54) is 0 Å². The molecule has 5 rings (SSSR count). The van der Waals surface area contributed by atoms with Crippen LogP contribution in [-0.2, 0) is 6.54 Å². The second kappa shape index (κ2) is 7.95. The lowest BCUT2D eigenvalue weighted by Gasteiger charge is -2.21. The molecular formula is C22H21Cl2N5O. The first kappa shape index (κ1) is 19.4. The van der Waals surface area contributed by atoms with Crippen molar-refractivity contribution in [1.82, 2.24) is 24.2 Å². The minimum Gasteiger partial charge on any atom is -0.351 e. The Morgan fingerprint density at radius 3 is 2.77 bits per heavy atom. The average molecular weight is 442 g/mol. The van der Waals surface area contributed by atoms with Crippen molar-refractivity contribution < 1.29 is 4.79 Å². The summed E-state index contributed by atoms with van der Waals surface area (Å²) in [5.41, 5.74) is 3.42. The molecule has 154 valence electrons. The predicted octanol–water partition coefficient (Wildman–Crippen LogP) is 4.47. The molecule has 1 aliphatic heterocycles. The second-order valence-corrected chi connectivity index (χ2v) is 8.55. The SMILES string of the molecule is O=C(c1cc2cc(Cl)ccc2[nH]1)N1CCCN(Cc2cn3cc(Cl)ccc3n2)CC1. The zero-order valence-electron chi connectivity index (χ0n) is 16.3. The molecule has 0 bridgehead atoms. The van der Waals surface area contributed by atoms with E-state index in [2.05, 4.69) is 14.9 Å². The fourth-order valence-corrected chi connectivity index (χ4v) is 4.39.